The highest BCUT2D eigenvalue weighted by Gasteiger charge is 2.09. The molecule has 0 aromatic heterocycles. The van der Waals surface area contributed by atoms with Crippen LogP contribution in [0.4, 0.5) is 0 Å². The van der Waals surface area contributed by atoms with E-state index >= 15 is 0 Å². The molecule has 0 amide bonds. The molecule has 0 aromatic rings. The summed E-state index contributed by atoms with van der Waals surface area (Å²) in [6, 6.07) is 0. The first kappa shape index (κ1) is 18.2. The molecule has 1 aliphatic rings. The van der Waals surface area contributed by atoms with Crippen molar-refractivity contribution in [2.45, 2.75) is 0 Å². The van der Waals surface area contributed by atoms with Crippen molar-refractivity contribution in [3.8, 4) is 0 Å². The van der Waals surface area contributed by atoms with Crippen LogP contribution < -0.4 is 14.0 Å². The Bertz CT molecular complexity index is 258. The fourth-order valence-corrected chi connectivity index (χ4v) is 0.917. The van der Waals surface area contributed by atoms with E-state index in [4.69, 9.17) is 43.1 Å². The van der Waals surface area contributed by atoms with Crippen molar-refractivity contribution >= 4 is 5.90 Å². The molecule has 0 bridgehead atoms. The zero-order chi connectivity index (χ0) is 14.6. The molecule has 0 aromatic carbocycles. The number of nitrogens with zero attached hydrogens (tertiary/aromatic N) is 2. The van der Waals surface area contributed by atoms with E-state index in [0.717, 1.165) is 0 Å². The summed E-state index contributed by atoms with van der Waals surface area (Å²) in [5.74, 6) is 0.161. The minimum absolute atomic E-state index is 0.153. The maximum atomic E-state index is 8.60. The van der Waals surface area contributed by atoms with Crippen molar-refractivity contribution < 1.29 is 52.6 Å². The summed E-state index contributed by atoms with van der Waals surface area (Å²) in [5, 5.41) is 0. The van der Waals surface area contributed by atoms with Gasteiger partial charge in [-0.1, -0.05) is 0 Å². The minimum Gasteiger partial charge on any atom is -0.432 e. The summed E-state index contributed by atoms with van der Waals surface area (Å²) in [6.45, 7) is 2.99. The molecule has 1 fully saturated rings. The van der Waals surface area contributed by atoms with Crippen LogP contribution in [0, 0.1) is 10.2 Å². The van der Waals surface area contributed by atoms with Gasteiger partial charge in [-0.15, -0.1) is 4.79 Å². The summed E-state index contributed by atoms with van der Waals surface area (Å²) < 4.78 is 53.3. The highest BCUT2D eigenvalue weighted by atomic mass is 35.7. The van der Waals surface area contributed by atoms with E-state index in [9.17, 15) is 0 Å². The van der Waals surface area contributed by atoms with E-state index in [1.54, 1.807) is 0 Å². The van der Waals surface area contributed by atoms with Crippen LogP contribution in [0.1, 0.15) is 0 Å². The molecule has 0 atom stereocenters. The van der Waals surface area contributed by atoms with Crippen LogP contribution in [0.3, 0.4) is 0 Å². The molecule has 1 saturated heterocycles. The minimum atomic E-state index is -4.69. The lowest BCUT2D eigenvalue weighted by molar-refractivity contribution is -1.92. The highest BCUT2D eigenvalue weighted by molar-refractivity contribution is 5.71. The fraction of sp³-hybridized carbons (Fsp3) is 0.875. The van der Waals surface area contributed by atoms with Crippen molar-refractivity contribution in [1.29, 1.82) is 0 Å². The van der Waals surface area contributed by atoms with Crippen LogP contribution in [-0.2, 0) is 18.9 Å². The zero-order valence-corrected chi connectivity index (χ0v) is 10.8. The van der Waals surface area contributed by atoms with Crippen LogP contribution in [0.25, 0.3) is 5.53 Å². The van der Waals surface area contributed by atoms with Crippen LogP contribution in [-0.4, -0.2) is 61.6 Å². The van der Waals surface area contributed by atoms with Gasteiger partial charge in [-0.2, -0.15) is 14.0 Å². The molecular weight excluding hydrogens is 288 g/mol. The fourth-order valence-electron chi connectivity index (χ4n) is 0.917. The van der Waals surface area contributed by atoms with E-state index in [1.807, 2.05) is 0 Å². The molecule has 1 N–H and O–H groups in total. The Hall–Kier alpha value is -0.810. The van der Waals surface area contributed by atoms with Gasteiger partial charge in [0.2, 0.25) is 0 Å². The van der Waals surface area contributed by atoms with Crippen LogP contribution in [0.15, 0.2) is 0 Å². The summed E-state index contributed by atoms with van der Waals surface area (Å²) >= 11 is 0. The maximum Gasteiger partial charge on any atom is 0.475 e. The van der Waals surface area contributed by atoms with Gasteiger partial charge in [-0.25, -0.2) is 0 Å². The average molecular weight is 303 g/mol. The first-order valence-corrected chi connectivity index (χ1v) is 6.40. The van der Waals surface area contributed by atoms with Gasteiger partial charge in [0.05, 0.1) is 47.9 Å². The Kier molecular flexibility index (Phi) is 10.6. The molecule has 10 nitrogen and oxygen atoms in total. The largest absolute Gasteiger partial charge is 0.475 e. The average Bonchev–Trinajstić information content (AvgIpc) is 2.27. The number of hydrogen-bond donors (Lipinski definition) is 1. The Morgan fingerprint density at radius 3 is 1.84 bits per heavy atom. The van der Waals surface area contributed by atoms with Crippen molar-refractivity contribution in [3.05, 3.63) is 5.53 Å². The predicted octanol–water partition coefficient (Wildman–Crippen LogP) is -4.43. The summed E-state index contributed by atoms with van der Waals surface area (Å²) in [4.78, 5) is 2.95. The van der Waals surface area contributed by atoms with Crippen molar-refractivity contribution in [2.24, 2.45) is 0 Å². The Labute approximate surface area is 111 Å². The molecule has 0 aliphatic carbocycles. The molecule has 1 aliphatic heterocycles. The van der Waals surface area contributed by atoms with Gasteiger partial charge in [0.15, 0.2) is 6.61 Å². The van der Waals surface area contributed by atoms with Gasteiger partial charge in [-0.05, 0) is 0 Å². The Balaban J connectivity index is 0.000000555. The molecule has 112 valence electrons. The molecule has 0 unspecified atom stereocenters. The predicted molar refractivity (Wildman–Crippen MR) is 49.3 cm³/mol. The number of ether oxygens (including phenoxy) is 4. The lowest BCUT2D eigenvalue weighted by atomic mass is 10.6. The smallest absolute Gasteiger partial charge is 0.432 e. The molecule has 1 heterocycles. The number of halogens is 1. The summed E-state index contributed by atoms with van der Waals surface area (Å²) in [7, 11) is -4.69. The van der Waals surface area contributed by atoms with Crippen LogP contribution in [0.5, 0.6) is 0 Å². The molecular formula is C8H15ClN2O8. The first-order valence-electron chi connectivity index (χ1n) is 5.13. The monoisotopic (exact) mass is 302 g/mol. The van der Waals surface area contributed by atoms with E-state index in [1.165, 1.54) is 0 Å². The highest BCUT2D eigenvalue weighted by Crippen LogP contribution is 1.87. The lowest BCUT2D eigenvalue weighted by Gasteiger charge is -2.08. The molecule has 0 spiro atoms. The van der Waals surface area contributed by atoms with Gasteiger partial charge in [0.1, 0.15) is 6.61 Å². The molecule has 19 heavy (non-hydrogen) atoms. The number of hydrogen-bond acceptors (Lipinski definition) is 8. The van der Waals surface area contributed by atoms with Crippen LogP contribution >= 0.6 is 0 Å². The second-order valence-electron chi connectivity index (χ2n) is 3.02. The Morgan fingerprint density at radius 1 is 0.947 bits per heavy atom. The lowest BCUT2D eigenvalue weighted by Crippen LogP contribution is -2.58. The third-order valence-electron chi connectivity index (χ3n) is 1.58. The van der Waals surface area contributed by atoms with Crippen molar-refractivity contribution in [3.63, 3.8) is 0 Å². The van der Waals surface area contributed by atoms with Crippen molar-refractivity contribution in [2.75, 3.05) is 46.2 Å². The van der Waals surface area contributed by atoms with Crippen molar-refractivity contribution in [1.82, 2.24) is 0 Å². The zero-order valence-electron chi connectivity index (χ0n) is 10.0. The van der Waals surface area contributed by atoms with Gasteiger partial charge >= 0.3 is 5.90 Å². The standard InChI is InChI=1S/C8H14N2O4.ClHO4/c9-10-8-7-13-4-3-11-1-2-12-5-6-14-8;2-1(3,4)5/h1-7H2;(H,2,3,4,5). The van der Waals surface area contributed by atoms with E-state index in [2.05, 4.69) is 4.79 Å². The van der Waals surface area contributed by atoms with E-state index in [0.29, 0.717) is 39.6 Å². The van der Waals surface area contributed by atoms with Gasteiger partial charge < -0.3 is 24.5 Å². The Morgan fingerprint density at radius 2 is 1.37 bits per heavy atom. The first-order chi connectivity index (χ1) is 8.93. The maximum absolute atomic E-state index is 8.60. The SMILES string of the molecule is [N-]=[N+]=C1COCCOCCOCCO1.[O-][Cl+3]([O-])([O-])O. The third kappa shape index (κ3) is 17.2. The van der Waals surface area contributed by atoms with Gasteiger partial charge in [-0.3, -0.25) is 0 Å². The normalized spacial score (nSPS) is 18.8. The summed E-state index contributed by atoms with van der Waals surface area (Å²) in [6.07, 6.45) is 0. The molecule has 11 heteroatoms. The molecule has 0 radical (unpaired) electrons. The second kappa shape index (κ2) is 11.1. The topological polar surface area (TPSA) is 163 Å². The van der Waals surface area contributed by atoms with E-state index in [-0.39, 0.29) is 12.5 Å². The molecule has 1 rings (SSSR count). The summed E-state index contributed by atoms with van der Waals surface area (Å²) in [5.41, 5.74) is 8.51. The van der Waals surface area contributed by atoms with E-state index < -0.39 is 10.2 Å². The third-order valence-corrected chi connectivity index (χ3v) is 1.58. The van der Waals surface area contributed by atoms with Gasteiger partial charge in [0, 0.05) is 0 Å². The number of rotatable bonds is 0. The second-order valence-corrected chi connectivity index (χ2v) is 3.81. The van der Waals surface area contributed by atoms with Crippen LogP contribution in [0.2, 0.25) is 0 Å². The van der Waals surface area contributed by atoms with Gasteiger partial charge in [0.25, 0.3) is 0 Å². The quantitative estimate of drug-likeness (QED) is 0.346. The molecule has 0 saturated carbocycles.